The molecule has 4 rings (SSSR count). The third-order valence-electron chi connectivity index (χ3n) is 5.86. The van der Waals surface area contributed by atoms with E-state index in [2.05, 4.69) is 39.8 Å². The van der Waals surface area contributed by atoms with Crippen molar-refractivity contribution in [2.24, 2.45) is 0 Å². The molecule has 0 fully saturated rings. The summed E-state index contributed by atoms with van der Waals surface area (Å²) in [5.41, 5.74) is 3.98. The highest BCUT2D eigenvalue weighted by atomic mass is 127. The van der Waals surface area contributed by atoms with Gasteiger partial charge in [-0.05, 0) is 72.5 Å². The quantitative estimate of drug-likeness (QED) is 0.162. The van der Waals surface area contributed by atoms with E-state index in [4.69, 9.17) is 0 Å². The van der Waals surface area contributed by atoms with Crippen molar-refractivity contribution in [2.45, 2.75) is 27.7 Å². The third kappa shape index (κ3) is 4.38. The molecule has 0 atom stereocenters. The zero-order chi connectivity index (χ0) is 25.5. The predicted octanol–water partition coefficient (Wildman–Crippen LogP) is 6.15. The Bertz CT molecular complexity index is 1390. The second-order valence-electron chi connectivity index (χ2n) is 7.79. The summed E-state index contributed by atoms with van der Waals surface area (Å²) in [5, 5.41) is 33.2. The summed E-state index contributed by atoms with van der Waals surface area (Å²) in [5.74, 6) is -0.714. The Hall–Kier alpha value is -3.74. The van der Waals surface area contributed by atoms with Crippen molar-refractivity contribution in [3.8, 4) is 11.1 Å². The third-order valence-corrected chi connectivity index (χ3v) is 6.71. The number of nitro groups is 3. The number of fused-ring (bicyclic) bond motifs is 3. The average molecular weight is 575 g/mol. The first kappa shape index (κ1) is 24.9. The van der Waals surface area contributed by atoms with Crippen LogP contribution in [0.5, 0.6) is 0 Å². The van der Waals surface area contributed by atoms with E-state index in [-0.39, 0.29) is 31.5 Å². The molecule has 0 aliphatic heterocycles. The first-order valence-corrected chi connectivity index (χ1v) is 11.0. The van der Waals surface area contributed by atoms with Crippen molar-refractivity contribution in [2.75, 3.05) is 0 Å². The van der Waals surface area contributed by atoms with Crippen LogP contribution in [0.15, 0.2) is 36.4 Å². The van der Waals surface area contributed by atoms with Crippen LogP contribution in [0, 0.1) is 61.6 Å². The highest BCUT2D eigenvalue weighted by Gasteiger charge is 2.38. The first-order valence-electron chi connectivity index (χ1n) is 9.88. The number of nitro benzene ring substituents is 3. The van der Waals surface area contributed by atoms with E-state index in [0.29, 0.717) is 0 Å². The summed E-state index contributed by atoms with van der Waals surface area (Å²) in [4.78, 5) is 43.3. The SMILES string of the molecule is Cc1ccc(C)c(C)c1C.O=C1c2cc([N+](=O)[O-])cc(I)c2-c2c1cc([N+](=O)[O-])cc2[N+](=O)[O-]. The lowest BCUT2D eigenvalue weighted by Crippen LogP contribution is -2.00. The highest BCUT2D eigenvalue weighted by molar-refractivity contribution is 14.1. The maximum Gasteiger partial charge on any atom is 0.284 e. The fraction of sp³-hybridized carbons (Fsp3) is 0.174. The molecule has 0 unspecified atom stereocenters. The van der Waals surface area contributed by atoms with Crippen LogP contribution in [-0.4, -0.2) is 20.6 Å². The number of rotatable bonds is 3. The molecule has 0 heterocycles. The molecule has 0 aromatic heterocycles. The average Bonchev–Trinajstić information content (AvgIpc) is 3.07. The molecule has 11 heteroatoms. The van der Waals surface area contributed by atoms with Gasteiger partial charge in [0.2, 0.25) is 0 Å². The summed E-state index contributed by atoms with van der Waals surface area (Å²) in [7, 11) is 0. The largest absolute Gasteiger partial charge is 0.289 e. The monoisotopic (exact) mass is 575 g/mol. The van der Waals surface area contributed by atoms with Crippen LogP contribution < -0.4 is 0 Å². The van der Waals surface area contributed by atoms with E-state index in [1.165, 1.54) is 28.3 Å². The number of carbonyl (C=O) groups is 1. The minimum Gasteiger partial charge on any atom is -0.289 e. The molecule has 3 aromatic carbocycles. The fourth-order valence-corrected chi connectivity index (χ4v) is 4.55. The van der Waals surface area contributed by atoms with Gasteiger partial charge in [0, 0.05) is 38.5 Å². The van der Waals surface area contributed by atoms with Crippen LogP contribution in [0.25, 0.3) is 11.1 Å². The fourth-order valence-electron chi connectivity index (χ4n) is 3.67. The topological polar surface area (TPSA) is 146 Å². The molecule has 0 N–H and O–H groups in total. The van der Waals surface area contributed by atoms with Crippen LogP contribution in [0.1, 0.15) is 38.2 Å². The van der Waals surface area contributed by atoms with E-state index in [9.17, 15) is 35.1 Å². The Morgan fingerprint density at radius 3 is 1.56 bits per heavy atom. The minimum atomic E-state index is -0.836. The number of ketones is 1. The van der Waals surface area contributed by atoms with Gasteiger partial charge in [-0.3, -0.25) is 35.1 Å². The van der Waals surface area contributed by atoms with Crippen LogP contribution in [0.4, 0.5) is 17.1 Å². The van der Waals surface area contributed by atoms with Crippen LogP contribution >= 0.6 is 22.6 Å². The van der Waals surface area contributed by atoms with Crippen molar-refractivity contribution in [1.29, 1.82) is 0 Å². The van der Waals surface area contributed by atoms with Gasteiger partial charge < -0.3 is 0 Å². The van der Waals surface area contributed by atoms with Gasteiger partial charge in [0.05, 0.1) is 26.4 Å². The van der Waals surface area contributed by atoms with Crippen molar-refractivity contribution >= 4 is 45.4 Å². The molecule has 1 aliphatic rings. The predicted molar refractivity (Wildman–Crippen MR) is 133 cm³/mol. The lowest BCUT2D eigenvalue weighted by molar-refractivity contribution is -0.393. The summed E-state index contributed by atoms with van der Waals surface area (Å²) in [6, 6.07) is 8.29. The zero-order valence-corrected chi connectivity index (χ0v) is 20.7. The standard InChI is InChI=1S/C13H4IN3O7.C10H14/c14-9-3-5(15(19)20)1-7-11(9)12-8(13(7)18)2-6(16(21)22)4-10(12)17(23)24;1-7-5-6-8(2)10(4)9(7)3/h1-4H;5-6H,1-4H3. The highest BCUT2D eigenvalue weighted by Crippen LogP contribution is 2.47. The van der Waals surface area contributed by atoms with E-state index < -0.39 is 31.9 Å². The Balaban J connectivity index is 0.000000271. The second kappa shape index (κ2) is 9.25. The summed E-state index contributed by atoms with van der Waals surface area (Å²) < 4.78 is 0.279. The summed E-state index contributed by atoms with van der Waals surface area (Å²) >= 11 is 1.74. The lowest BCUT2D eigenvalue weighted by Gasteiger charge is -2.06. The number of carbonyl (C=O) groups excluding carboxylic acids is 1. The van der Waals surface area contributed by atoms with Gasteiger partial charge in [0.25, 0.3) is 17.1 Å². The van der Waals surface area contributed by atoms with Crippen LogP contribution in [0.3, 0.4) is 0 Å². The van der Waals surface area contributed by atoms with Gasteiger partial charge in [0.15, 0.2) is 5.78 Å². The summed E-state index contributed by atoms with van der Waals surface area (Å²) in [6.07, 6.45) is 0. The number of non-ortho nitro benzene ring substituents is 2. The molecule has 0 saturated heterocycles. The maximum absolute atomic E-state index is 12.5. The van der Waals surface area contributed by atoms with Crippen molar-refractivity contribution < 1.29 is 19.6 Å². The Morgan fingerprint density at radius 2 is 1.12 bits per heavy atom. The first-order chi connectivity index (χ1) is 15.8. The normalized spacial score (nSPS) is 11.3. The molecular formula is C23H18IN3O7. The van der Waals surface area contributed by atoms with Gasteiger partial charge in [-0.2, -0.15) is 0 Å². The molecule has 174 valence electrons. The minimum absolute atomic E-state index is 0.0510. The molecule has 1 aliphatic carbocycles. The van der Waals surface area contributed by atoms with Gasteiger partial charge in [-0.15, -0.1) is 0 Å². The number of aryl methyl sites for hydroxylation is 2. The Morgan fingerprint density at radius 1 is 0.676 bits per heavy atom. The van der Waals surface area contributed by atoms with E-state index in [1.807, 2.05) is 0 Å². The molecule has 0 bridgehead atoms. The molecular weight excluding hydrogens is 557 g/mol. The number of halogens is 1. The molecule has 0 saturated carbocycles. The van der Waals surface area contributed by atoms with Crippen molar-refractivity contribution in [3.05, 3.63) is 104 Å². The van der Waals surface area contributed by atoms with E-state index in [0.717, 1.165) is 18.2 Å². The smallest absolute Gasteiger partial charge is 0.284 e. The number of hydrogen-bond donors (Lipinski definition) is 0. The van der Waals surface area contributed by atoms with Crippen molar-refractivity contribution in [3.63, 3.8) is 0 Å². The van der Waals surface area contributed by atoms with Crippen LogP contribution in [-0.2, 0) is 0 Å². The van der Waals surface area contributed by atoms with Crippen LogP contribution in [0.2, 0.25) is 0 Å². The molecule has 3 aromatic rings. The Kier molecular flexibility index (Phi) is 6.77. The van der Waals surface area contributed by atoms with Crippen molar-refractivity contribution in [1.82, 2.24) is 0 Å². The molecule has 0 amide bonds. The van der Waals surface area contributed by atoms with E-state index in [1.54, 1.807) is 22.6 Å². The molecule has 0 radical (unpaired) electrons. The lowest BCUT2D eigenvalue weighted by atomic mass is 10.0. The maximum atomic E-state index is 12.5. The molecule has 34 heavy (non-hydrogen) atoms. The number of nitrogens with zero attached hydrogens (tertiary/aromatic N) is 3. The zero-order valence-electron chi connectivity index (χ0n) is 18.5. The van der Waals surface area contributed by atoms with Gasteiger partial charge in [-0.1, -0.05) is 12.1 Å². The van der Waals surface area contributed by atoms with Gasteiger partial charge >= 0.3 is 0 Å². The number of benzene rings is 3. The molecule has 10 nitrogen and oxygen atoms in total. The molecule has 0 spiro atoms. The van der Waals surface area contributed by atoms with Gasteiger partial charge in [0.1, 0.15) is 0 Å². The Labute approximate surface area is 207 Å². The number of hydrogen-bond acceptors (Lipinski definition) is 7. The second-order valence-corrected chi connectivity index (χ2v) is 8.95. The van der Waals surface area contributed by atoms with E-state index >= 15 is 0 Å². The van der Waals surface area contributed by atoms with Gasteiger partial charge in [-0.25, -0.2) is 0 Å². The summed E-state index contributed by atoms with van der Waals surface area (Å²) in [6.45, 7) is 8.67.